The molecule has 1 aliphatic heterocycles. The van der Waals surface area contributed by atoms with Crippen LogP contribution in [0.25, 0.3) is 22.0 Å². The molecule has 0 fully saturated rings. The third-order valence-corrected chi connectivity index (χ3v) is 6.24. The van der Waals surface area contributed by atoms with E-state index in [4.69, 9.17) is 8.83 Å². The first-order chi connectivity index (χ1) is 17.1. The van der Waals surface area contributed by atoms with E-state index in [-0.39, 0.29) is 11.3 Å². The number of aryl methyl sites for hydroxylation is 1. The predicted octanol–water partition coefficient (Wildman–Crippen LogP) is 5.68. The van der Waals surface area contributed by atoms with Crippen LogP contribution in [0.2, 0.25) is 0 Å². The minimum atomic E-state index is -0.505. The van der Waals surface area contributed by atoms with Gasteiger partial charge in [-0.3, -0.25) is 9.59 Å². The Kier molecular flexibility index (Phi) is 4.95. The van der Waals surface area contributed by atoms with Gasteiger partial charge in [-0.1, -0.05) is 42.5 Å². The van der Waals surface area contributed by atoms with Crippen molar-refractivity contribution in [1.29, 1.82) is 0 Å². The van der Waals surface area contributed by atoms with E-state index in [0.29, 0.717) is 23.5 Å². The molecule has 2 aromatic carbocycles. The molecule has 0 unspecified atom stereocenters. The minimum Gasteiger partial charge on any atom is -0.467 e. The summed E-state index contributed by atoms with van der Waals surface area (Å²) >= 11 is 0. The monoisotopic (exact) mass is 463 g/mol. The number of pyridine rings is 1. The molecule has 3 aromatic heterocycles. The van der Waals surface area contributed by atoms with Gasteiger partial charge in [-0.15, -0.1) is 0 Å². The number of amides is 1. The number of nitrogens with one attached hydrogen (secondary N) is 1. The van der Waals surface area contributed by atoms with E-state index in [9.17, 15) is 9.59 Å². The molecule has 0 aliphatic carbocycles. The summed E-state index contributed by atoms with van der Waals surface area (Å²) in [5, 5.41) is 6.94. The second-order valence-corrected chi connectivity index (χ2v) is 8.53. The van der Waals surface area contributed by atoms with Gasteiger partial charge in [0.2, 0.25) is 0 Å². The van der Waals surface area contributed by atoms with Crippen LogP contribution in [-0.4, -0.2) is 21.6 Å². The van der Waals surface area contributed by atoms with Crippen molar-refractivity contribution in [1.82, 2.24) is 9.99 Å². The number of furan rings is 2. The maximum atomic E-state index is 13.5. The topological polar surface area (TPSA) is 91.8 Å². The highest BCUT2D eigenvalue weighted by Crippen LogP contribution is 2.37. The fourth-order valence-electron chi connectivity index (χ4n) is 4.66. The molecule has 6 rings (SSSR count). The van der Waals surface area contributed by atoms with Gasteiger partial charge in [-0.2, -0.15) is 5.10 Å². The Balaban J connectivity index is 1.57. The van der Waals surface area contributed by atoms with E-state index in [1.807, 2.05) is 55.5 Å². The third kappa shape index (κ3) is 3.58. The van der Waals surface area contributed by atoms with Crippen molar-refractivity contribution in [2.75, 3.05) is 0 Å². The molecule has 0 saturated heterocycles. The predicted molar refractivity (Wildman–Crippen MR) is 132 cm³/mol. The number of carbonyl (C=O) groups is 1. The summed E-state index contributed by atoms with van der Waals surface area (Å²) in [6.45, 7) is 1.99. The summed E-state index contributed by atoms with van der Waals surface area (Å²) in [6.07, 6.45) is 3.32. The third-order valence-electron chi connectivity index (χ3n) is 6.24. The van der Waals surface area contributed by atoms with Crippen LogP contribution in [0.5, 0.6) is 0 Å². The summed E-state index contributed by atoms with van der Waals surface area (Å²) in [6, 6.07) is 22.1. The van der Waals surface area contributed by atoms with Gasteiger partial charge in [0, 0.05) is 22.9 Å². The first-order valence-electron chi connectivity index (χ1n) is 11.3. The SMILES string of the molecule is Cc1ccc2c(-c3ccccc3)c(C3=NN(C(=O)c4ccco4)[C@H](c4ccco4)C3)c(=O)[nH]c2c1. The van der Waals surface area contributed by atoms with Crippen molar-refractivity contribution in [3.05, 3.63) is 118 Å². The summed E-state index contributed by atoms with van der Waals surface area (Å²) in [7, 11) is 0. The first kappa shape index (κ1) is 20.9. The Morgan fingerprint density at radius 3 is 2.51 bits per heavy atom. The molecule has 172 valence electrons. The number of fused-ring (bicyclic) bond motifs is 1. The standard InChI is InChI=1S/C28H21N3O4/c1-17-11-12-19-20(15-17)29-27(32)26(25(19)18-7-3-2-4-8-18)21-16-22(23-9-5-13-34-23)31(30-21)28(33)24-10-6-14-35-24/h2-15,22H,16H2,1H3,(H,29,32)/t22-/m0/s1. The van der Waals surface area contributed by atoms with E-state index < -0.39 is 11.9 Å². The molecular formula is C28H21N3O4. The Morgan fingerprint density at radius 2 is 1.77 bits per heavy atom. The van der Waals surface area contributed by atoms with E-state index in [1.165, 1.54) is 11.3 Å². The van der Waals surface area contributed by atoms with Crippen molar-refractivity contribution in [3.8, 4) is 11.1 Å². The van der Waals surface area contributed by atoms with Crippen molar-refractivity contribution in [2.24, 2.45) is 5.10 Å². The second-order valence-electron chi connectivity index (χ2n) is 8.53. The number of aromatic amines is 1. The van der Waals surface area contributed by atoms with Crippen molar-refractivity contribution in [2.45, 2.75) is 19.4 Å². The maximum absolute atomic E-state index is 13.5. The summed E-state index contributed by atoms with van der Waals surface area (Å²) in [5.41, 5.74) is 4.18. The number of rotatable bonds is 4. The van der Waals surface area contributed by atoms with Crippen molar-refractivity contribution in [3.63, 3.8) is 0 Å². The fourth-order valence-corrected chi connectivity index (χ4v) is 4.66. The molecule has 0 radical (unpaired) electrons. The Hall–Kier alpha value is -4.65. The normalized spacial score (nSPS) is 15.5. The molecule has 35 heavy (non-hydrogen) atoms. The summed E-state index contributed by atoms with van der Waals surface area (Å²) < 4.78 is 11.0. The number of carbonyl (C=O) groups excluding carboxylic acids is 1. The molecule has 1 N–H and O–H groups in total. The van der Waals surface area contributed by atoms with E-state index >= 15 is 0 Å². The average Bonchev–Trinajstić information content (AvgIpc) is 3.65. The van der Waals surface area contributed by atoms with Crippen LogP contribution in [0.4, 0.5) is 0 Å². The lowest BCUT2D eigenvalue weighted by Crippen LogP contribution is -2.26. The smallest absolute Gasteiger partial charge is 0.310 e. The number of benzene rings is 2. The van der Waals surface area contributed by atoms with E-state index in [2.05, 4.69) is 10.1 Å². The molecule has 7 heteroatoms. The molecule has 5 aromatic rings. The van der Waals surface area contributed by atoms with Crippen LogP contribution in [0.1, 0.15) is 39.9 Å². The van der Waals surface area contributed by atoms with Crippen LogP contribution < -0.4 is 5.56 Å². The van der Waals surface area contributed by atoms with Gasteiger partial charge in [0.1, 0.15) is 11.8 Å². The van der Waals surface area contributed by atoms with Crippen molar-refractivity contribution >= 4 is 22.5 Å². The average molecular weight is 463 g/mol. The largest absolute Gasteiger partial charge is 0.467 e. The molecular weight excluding hydrogens is 442 g/mol. The lowest BCUT2D eigenvalue weighted by Gasteiger charge is -2.18. The molecule has 0 spiro atoms. The number of hydrogen-bond acceptors (Lipinski definition) is 5. The zero-order valence-electron chi connectivity index (χ0n) is 18.9. The number of hydrazone groups is 1. The Labute approximate surface area is 200 Å². The zero-order chi connectivity index (χ0) is 23.9. The summed E-state index contributed by atoms with van der Waals surface area (Å²) in [4.78, 5) is 29.8. The molecule has 0 saturated carbocycles. The van der Waals surface area contributed by atoms with E-state index in [1.54, 1.807) is 30.5 Å². The highest BCUT2D eigenvalue weighted by molar-refractivity contribution is 6.13. The van der Waals surface area contributed by atoms with Gasteiger partial charge >= 0.3 is 5.91 Å². The van der Waals surface area contributed by atoms with Crippen LogP contribution in [0.15, 0.2) is 104 Å². The van der Waals surface area contributed by atoms with Gasteiger partial charge < -0.3 is 13.8 Å². The molecule has 1 atom stereocenters. The number of H-pyrrole nitrogens is 1. The number of hydrogen-bond donors (Lipinski definition) is 1. The molecule has 7 nitrogen and oxygen atoms in total. The van der Waals surface area contributed by atoms with Gasteiger partial charge in [-0.05, 0) is 48.4 Å². The lowest BCUT2D eigenvalue weighted by atomic mass is 9.91. The Bertz CT molecular complexity index is 1610. The van der Waals surface area contributed by atoms with E-state index in [0.717, 1.165) is 27.6 Å². The summed E-state index contributed by atoms with van der Waals surface area (Å²) in [5.74, 6) is 0.344. The highest BCUT2D eigenvalue weighted by atomic mass is 16.3. The molecule has 1 amide bonds. The van der Waals surface area contributed by atoms with Gasteiger partial charge in [0.05, 0.1) is 23.8 Å². The molecule has 4 heterocycles. The van der Waals surface area contributed by atoms with Crippen LogP contribution >= 0.6 is 0 Å². The lowest BCUT2D eigenvalue weighted by molar-refractivity contribution is 0.0660. The Morgan fingerprint density at radius 1 is 0.971 bits per heavy atom. The van der Waals surface area contributed by atoms with Gasteiger partial charge in [-0.25, -0.2) is 5.01 Å². The fraction of sp³-hybridized carbons (Fsp3) is 0.107. The number of nitrogens with zero attached hydrogens (tertiary/aromatic N) is 2. The second kappa shape index (κ2) is 8.29. The highest BCUT2D eigenvalue weighted by Gasteiger charge is 2.38. The van der Waals surface area contributed by atoms with Crippen LogP contribution in [-0.2, 0) is 0 Å². The van der Waals surface area contributed by atoms with Crippen molar-refractivity contribution < 1.29 is 13.6 Å². The van der Waals surface area contributed by atoms with Gasteiger partial charge in [0.25, 0.3) is 5.56 Å². The minimum absolute atomic E-state index is 0.165. The number of aromatic nitrogens is 1. The van der Waals surface area contributed by atoms with Gasteiger partial charge in [0.15, 0.2) is 5.76 Å². The van der Waals surface area contributed by atoms with Crippen LogP contribution in [0.3, 0.4) is 0 Å². The van der Waals surface area contributed by atoms with Crippen LogP contribution in [0, 0.1) is 6.92 Å². The maximum Gasteiger partial charge on any atom is 0.310 e. The zero-order valence-corrected chi connectivity index (χ0v) is 18.9. The first-order valence-corrected chi connectivity index (χ1v) is 11.3. The molecule has 0 bridgehead atoms. The molecule has 1 aliphatic rings. The quantitative estimate of drug-likeness (QED) is 0.371.